The van der Waals surface area contributed by atoms with E-state index in [1.807, 2.05) is 13.8 Å². The van der Waals surface area contributed by atoms with Crippen LogP contribution in [0.15, 0.2) is 24.3 Å². The van der Waals surface area contributed by atoms with Gasteiger partial charge in [0, 0.05) is 11.8 Å². The van der Waals surface area contributed by atoms with Gasteiger partial charge in [-0.1, -0.05) is 31.5 Å². The number of nitrogens with two attached hydrogens (primary N) is 1. The molecule has 0 aliphatic heterocycles. The van der Waals surface area contributed by atoms with Gasteiger partial charge in [-0.2, -0.15) is 0 Å². The Kier molecular flexibility index (Phi) is 10.7. The first-order valence-corrected chi connectivity index (χ1v) is 10.0. The van der Waals surface area contributed by atoms with Crippen LogP contribution in [0.1, 0.15) is 26.7 Å². The quantitative estimate of drug-likeness (QED) is 0.326. The van der Waals surface area contributed by atoms with E-state index in [-0.39, 0.29) is 18.9 Å². The monoisotopic (exact) mass is 458 g/mol. The number of Topliss-reactive ketones (excluding diaryl/α,β-unsaturated/α-hetero) is 1. The van der Waals surface area contributed by atoms with Crippen molar-refractivity contribution in [1.82, 2.24) is 10.6 Å². The molecule has 1 unspecified atom stereocenters. The molecule has 1 aromatic carbocycles. The molecule has 0 bridgehead atoms. The van der Waals surface area contributed by atoms with E-state index in [2.05, 4.69) is 16.0 Å². The number of hydrogen-bond acceptors (Lipinski definition) is 6. The highest BCUT2D eigenvalue weighted by Gasteiger charge is 2.31. The zero-order valence-electron chi connectivity index (χ0n) is 17.6. The molecule has 9 nitrogen and oxygen atoms in total. The summed E-state index contributed by atoms with van der Waals surface area (Å²) in [6.45, 7) is 3.54. The summed E-state index contributed by atoms with van der Waals surface area (Å²) in [5.74, 6) is -2.72. The molecule has 0 radical (unpaired) electrons. The molecule has 0 saturated heterocycles. The van der Waals surface area contributed by atoms with Gasteiger partial charge in [-0.15, -0.1) is 0 Å². The second-order valence-electron chi connectivity index (χ2n) is 7.27. The number of anilines is 1. The molecule has 3 atom stereocenters. The van der Waals surface area contributed by atoms with E-state index < -0.39 is 47.6 Å². The van der Waals surface area contributed by atoms with Crippen molar-refractivity contribution in [3.8, 4) is 5.75 Å². The first-order chi connectivity index (χ1) is 14.5. The molecule has 0 heterocycles. The maximum atomic E-state index is 13.2. The summed E-state index contributed by atoms with van der Waals surface area (Å²) in [6, 6.07) is 4.40. The van der Waals surface area contributed by atoms with Crippen molar-refractivity contribution in [2.75, 3.05) is 19.0 Å². The molecule has 172 valence electrons. The Labute approximate surface area is 185 Å². The fourth-order valence-electron chi connectivity index (χ4n) is 2.71. The van der Waals surface area contributed by atoms with Gasteiger partial charge in [0.2, 0.25) is 29.1 Å². The van der Waals surface area contributed by atoms with Gasteiger partial charge < -0.3 is 26.4 Å². The number of hydrogen-bond donors (Lipinski definition) is 4. The molecule has 0 saturated carbocycles. The third-order valence-electron chi connectivity index (χ3n) is 4.16. The summed E-state index contributed by atoms with van der Waals surface area (Å²) in [4.78, 5) is 48.1. The van der Waals surface area contributed by atoms with Crippen LogP contribution in [0.5, 0.6) is 5.75 Å². The average molecular weight is 459 g/mol. The molecule has 5 N–H and O–H groups in total. The van der Waals surface area contributed by atoms with Crippen LogP contribution < -0.4 is 26.4 Å². The van der Waals surface area contributed by atoms with E-state index in [9.17, 15) is 23.6 Å². The molecule has 0 aromatic heterocycles. The zero-order valence-corrected chi connectivity index (χ0v) is 18.4. The predicted molar refractivity (Wildman–Crippen MR) is 114 cm³/mol. The van der Waals surface area contributed by atoms with Crippen molar-refractivity contribution in [3.05, 3.63) is 24.3 Å². The number of methoxy groups -OCH3 is 1. The van der Waals surface area contributed by atoms with Gasteiger partial charge in [0.25, 0.3) is 0 Å². The molecular formula is C20H28ClFN4O5. The summed E-state index contributed by atoms with van der Waals surface area (Å²) in [7, 11) is 1.52. The molecule has 0 aliphatic carbocycles. The van der Waals surface area contributed by atoms with Crippen LogP contribution in [-0.2, 0) is 19.2 Å². The highest BCUT2D eigenvalue weighted by molar-refractivity contribution is 6.30. The van der Waals surface area contributed by atoms with Crippen LogP contribution in [0, 0.1) is 5.92 Å². The van der Waals surface area contributed by atoms with E-state index in [0.29, 0.717) is 11.4 Å². The van der Waals surface area contributed by atoms with Crippen molar-refractivity contribution in [3.63, 3.8) is 0 Å². The largest absolute Gasteiger partial charge is 0.497 e. The maximum Gasteiger partial charge on any atom is 0.243 e. The lowest BCUT2D eigenvalue weighted by Gasteiger charge is -2.23. The lowest BCUT2D eigenvalue weighted by molar-refractivity contribution is -0.133. The van der Waals surface area contributed by atoms with Crippen molar-refractivity contribution < 1.29 is 28.3 Å². The van der Waals surface area contributed by atoms with Crippen LogP contribution in [0.25, 0.3) is 0 Å². The number of primary amides is 1. The summed E-state index contributed by atoms with van der Waals surface area (Å²) < 4.78 is 18.3. The molecule has 0 spiro atoms. The van der Waals surface area contributed by atoms with Gasteiger partial charge in [0.1, 0.15) is 17.8 Å². The minimum Gasteiger partial charge on any atom is -0.497 e. The number of nitrogens with one attached hydrogen (secondary N) is 3. The number of halogens is 2. The molecule has 1 rings (SSSR count). The van der Waals surface area contributed by atoms with Crippen molar-refractivity contribution in [2.45, 2.75) is 44.4 Å². The van der Waals surface area contributed by atoms with Gasteiger partial charge >= 0.3 is 0 Å². The third-order valence-corrected chi connectivity index (χ3v) is 4.38. The van der Waals surface area contributed by atoms with Gasteiger partial charge in [0.15, 0.2) is 0 Å². The van der Waals surface area contributed by atoms with E-state index in [1.165, 1.54) is 7.11 Å². The predicted octanol–water partition coefficient (Wildman–Crippen LogP) is 1.10. The third kappa shape index (κ3) is 9.65. The molecule has 31 heavy (non-hydrogen) atoms. The van der Waals surface area contributed by atoms with Gasteiger partial charge in [-0.25, -0.2) is 4.39 Å². The number of rotatable bonds is 13. The van der Waals surface area contributed by atoms with E-state index in [4.69, 9.17) is 22.1 Å². The highest BCUT2D eigenvalue weighted by Crippen LogP contribution is 2.16. The lowest BCUT2D eigenvalue weighted by atomic mass is 10.0. The van der Waals surface area contributed by atoms with Crippen LogP contribution in [0.3, 0.4) is 0 Å². The maximum absolute atomic E-state index is 13.2. The molecule has 11 heteroatoms. The number of alkyl halides is 2. The minimum atomic E-state index is -2.41. The average Bonchev–Trinajstić information content (AvgIpc) is 2.70. The number of carbonyl (C=O) groups is 4. The number of amides is 3. The van der Waals surface area contributed by atoms with Crippen molar-refractivity contribution in [1.29, 1.82) is 0 Å². The lowest BCUT2D eigenvalue weighted by Crippen LogP contribution is -2.54. The normalized spacial score (nSPS) is 13.6. The molecule has 3 amide bonds. The first-order valence-electron chi connectivity index (χ1n) is 9.61. The Bertz CT molecular complexity index is 791. The summed E-state index contributed by atoms with van der Waals surface area (Å²) >= 11 is 5.15. The Morgan fingerprint density at radius 3 is 2.39 bits per heavy atom. The Hall–Kier alpha value is -2.88. The van der Waals surface area contributed by atoms with Gasteiger partial charge in [-0.05, 0) is 24.5 Å². The fourth-order valence-corrected chi connectivity index (χ4v) is 2.86. The zero-order chi connectivity index (χ0) is 23.6. The van der Waals surface area contributed by atoms with Crippen LogP contribution in [-0.4, -0.2) is 54.9 Å². The number of benzene rings is 1. The van der Waals surface area contributed by atoms with Crippen LogP contribution >= 0.6 is 11.6 Å². The first kappa shape index (κ1) is 26.2. The minimum absolute atomic E-state index is 0.00892. The van der Waals surface area contributed by atoms with E-state index >= 15 is 0 Å². The topological polar surface area (TPSA) is 140 Å². The van der Waals surface area contributed by atoms with Crippen molar-refractivity contribution in [2.24, 2.45) is 11.7 Å². The Morgan fingerprint density at radius 1 is 1.16 bits per heavy atom. The summed E-state index contributed by atoms with van der Waals surface area (Å²) in [5, 5.41) is 7.75. The standard InChI is InChI=1S/C20H28ClFN4O5/c1-11(2)7-15(20(30)26-14(9-16(23)27)18(29)19(21)22)25-17(28)10-24-12-5-4-6-13(8-12)31-3/h4-6,8,11,14-15,19,24H,7,9-10H2,1-3H3,(H2,23,27)(H,25,28)(H,26,30)/t14?,15-,19+/m0/s1. The summed E-state index contributed by atoms with van der Waals surface area (Å²) in [5.41, 5.74) is 3.30. The second-order valence-corrected chi connectivity index (χ2v) is 7.65. The highest BCUT2D eigenvalue weighted by atomic mass is 35.5. The van der Waals surface area contributed by atoms with Gasteiger partial charge in [0.05, 0.1) is 20.1 Å². The number of ketones is 1. The van der Waals surface area contributed by atoms with Gasteiger partial charge in [-0.3, -0.25) is 19.2 Å². The number of carbonyl (C=O) groups excluding carboxylic acids is 4. The van der Waals surface area contributed by atoms with Crippen LogP contribution in [0.2, 0.25) is 0 Å². The molecular weight excluding hydrogens is 431 g/mol. The molecule has 0 fully saturated rings. The fraction of sp³-hybridized carbons (Fsp3) is 0.500. The van der Waals surface area contributed by atoms with Crippen LogP contribution in [0.4, 0.5) is 10.1 Å². The number of ether oxygens (including phenoxy) is 1. The molecule has 1 aromatic rings. The smallest absolute Gasteiger partial charge is 0.243 e. The second kappa shape index (κ2) is 12.7. The SMILES string of the molecule is COc1cccc(NCC(=O)N[C@@H](CC(C)C)C(=O)NC(CC(N)=O)C(=O)[C@@H](F)Cl)c1. The van der Waals surface area contributed by atoms with E-state index in [0.717, 1.165) is 0 Å². The Balaban J connectivity index is 2.80. The summed E-state index contributed by atoms with van der Waals surface area (Å²) in [6.07, 6.45) is -0.369. The Morgan fingerprint density at radius 2 is 1.84 bits per heavy atom. The van der Waals surface area contributed by atoms with Crippen molar-refractivity contribution >= 4 is 40.8 Å². The van der Waals surface area contributed by atoms with E-state index in [1.54, 1.807) is 24.3 Å². The molecule has 0 aliphatic rings.